The first-order valence-electron chi connectivity index (χ1n) is 16.9. The van der Waals surface area contributed by atoms with Gasteiger partial charge in [-0.05, 0) is 82.3 Å². The van der Waals surface area contributed by atoms with E-state index in [2.05, 4.69) is 10.00 Å². The molecule has 0 N–H and O–H groups in total. The van der Waals surface area contributed by atoms with Gasteiger partial charge in [-0.1, -0.05) is 18.2 Å². The van der Waals surface area contributed by atoms with Crippen molar-refractivity contribution in [2.75, 3.05) is 53.6 Å². The Morgan fingerprint density at radius 1 is 0.958 bits per heavy atom. The topological polar surface area (TPSA) is 98.6 Å². The second-order valence-corrected chi connectivity index (χ2v) is 13.8. The highest BCUT2D eigenvalue weighted by Gasteiger charge is 2.30. The maximum Gasteiger partial charge on any atom is 0.410 e. The number of benzene rings is 2. The lowest BCUT2D eigenvalue weighted by molar-refractivity contribution is 0.0142. The third-order valence-electron chi connectivity index (χ3n) is 8.84. The van der Waals surface area contributed by atoms with Crippen LogP contribution >= 0.6 is 0 Å². The minimum absolute atomic E-state index is 0.0905. The molecule has 1 saturated carbocycles. The number of aryl methyl sites for hydroxylation is 2. The molecule has 2 aromatic carbocycles. The molecule has 2 amide bonds. The quantitative estimate of drug-likeness (QED) is 0.213. The maximum absolute atomic E-state index is 14.2. The normalized spacial score (nSPS) is 15.3. The summed E-state index contributed by atoms with van der Waals surface area (Å²) >= 11 is 0. The van der Waals surface area contributed by atoms with Gasteiger partial charge in [-0.2, -0.15) is 5.10 Å². The number of aromatic nitrogens is 2. The van der Waals surface area contributed by atoms with Crippen molar-refractivity contribution in [3.8, 4) is 17.2 Å². The van der Waals surface area contributed by atoms with Gasteiger partial charge in [0.1, 0.15) is 17.0 Å². The third kappa shape index (κ3) is 9.00. The summed E-state index contributed by atoms with van der Waals surface area (Å²) in [5, 5.41) is 4.66. The fraction of sp³-hybridized carbons (Fsp3) is 0.541. The molecule has 260 valence electrons. The summed E-state index contributed by atoms with van der Waals surface area (Å²) in [4.78, 5) is 32.5. The molecule has 3 aromatic rings. The molecule has 1 saturated heterocycles. The van der Waals surface area contributed by atoms with Crippen LogP contribution in [0.3, 0.4) is 0 Å². The Morgan fingerprint density at radius 3 is 2.33 bits per heavy atom. The second-order valence-electron chi connectivity index (χ2n) is 13.8. The van der Waals surface area contributed by atoms with Gasteiger partial charge in [0, 0.05) is 57.8 Å². The van der Waals surface area contributed by atoms with Crippen LogP contribution in [-0.4, -0.2) is 95.6 Å². The standard InChI is InChI=1S/C37H51N5O6/c1-26-22-30(45-6)15-14-28(26)24-42(35(43)32-23-31(27-12-13-27)38-39(32)5)25-29-10-8-11-33(34(29)46-7)47-21-9-16-40-17-19-41(20-18-40)36(44)48-37(2,3)4/h8,10-11,14-15,22-23,27H,9,12-13,16-21,24-25H2,1-7H3. The summed E-state index contributed by atoms with van der Waals surface area (Å²) in [5.74, 6) is 2.41. The van der Waals surface area contributed by atoms with Crippen LogP contribution < -0.4 is 14.2 Å². The number of nitrogens with zero attached hydrogens (tertiary/aromatic N) is 5. The molecule has 0 spiro atoms. The number of ether oxygens (including phenoxy) is 4. The van der Waals surface area contributed by atoms with Crippen molar-refractivity contribution >= 4 is 12.0 Å². The fourth-order valence-electron chi connectivity index (χ4n) is 6.00. The molecular formula is C37H51N5O6. The van der Waals surface area contributed by atoms with Crippen molar-refractivity contribution in [3.05, 3.63) is 70.5 Å². The molecule has 2 aliphatic rings. The Hall–Kier alpha value is -4.25. The molecule has 0 radical (unpaired) electrons. The number of methoxy groups -OCH3 is 2. The van der Waals surface area contributed by atoms with Crippen LogP contribution in [-0.2, 0) is 24.9 Å². The average Bonchev–Trinajstić information content (AvgIpc) is 3.83. The lowest BCUT2D eigenvalue weighted by Crippen LogP contribution is -2.50. The van der Waals surface area contributed by atoms with Crippen molar-refractivity contribution < 1.29 is 28.5 Å². The fourth-order valence-corrected chi connectivity index (χ4v) is 6.00. The Morgan fingerprint density at radius 2 is 1.69 bits per heavy atom. The number of hydrogen-bond acceptors (Lipinski definition) is 8. The summed E-state index contributed by atoms with van der Waals surface area (Å²) in [5.41, 5.74) is 4.00. The minimum atomic E-state index is -0.494. The Bertz CT molecular complexity index is 1570. The average molecular weight is 662 g/mol. The summed E-state index contributed by atoms with van der Waals surface area (Å²) < 4.78 is 24.8. The predicted molar refractivity (Wildman–Crippen MR) is 184 cm³/mol. The van der Waals surface area contributed by atoms with E-state index in [1.165, 1.54) is 0 Å². The van der Waals surface area contributed by atoms with Gasteiger partial charge < -0.3 is 28.7 Å². The summed E-state index contributed by atoms with van der Waals surface area (Å²) in [6.45, 7) is 12.7. The van der Waals surface area contributed by atoms with Gasteiger partial charge in [0.05, 0.1) is 33.1 Å². The zero-order chi connectivity index (χ0) is 34.4. The van der Waals surface area contributed by atoms with Crippen molar-refractivity contribution in [1.29, 1.82) is 0 Å². The zero-order valence-corrected chi connectivity index (χ0v) is 29.6. The molecule has 0 atom stereocenters. The summed E-state index contributed by atoms with van der Waals surface area (Å²) in [6, 6.07) is 13.7. The van der Waals surface area contributed by atoms with Gasteiger partial charge in [-0.25, -0.2) is 4.79 Å². The molecule has 1 aromatic heterocycles. The predicted octanol–water partition coefficient (Wildman–Crippen LogP) is 5.79. The van der Waals surface area contributed by atoms with E-state index < -0.39 is 5.60 Å². The van der Waals surface area contributed by atoms with Crippen LogP contribution in [0.1, 0.15) is 78.8 Å². The molecule has 48 heavy (non-hydrogen) atoms. The molecule has 5 rings (SSSR count). The lowest BCUT2D eigenvalue weighted by atomic mass is 10.1. The molecule has 0 unspecified atom stereocenters. The van der Waals surface area contributed by atoms with E-state index in [0.717, 1.165) is 67.0 Å². The van der Waals surface area contributed by atoms with E-state index in [1.54, 1.807) is 23.8 Å². The number of rotatable bonds is 13. The Kier molecular flexibility index (Phi) is 11.2. The van der Waals surface area contributed by atoms with E-state index in [1.807, 2.05) is 82.1 Å². The molecule has 11 heteroatoms. The minimum Gasteiger partial charge on any atom is -0.497 e. The molecule has 2 fully saturated rings. The number of carbonyl (C=O) groups is 2. The van der Waals surface area contributed by atoms with Crippen LogP contribution in [0.5, 0.6) is 17.2 Å². The van der Waals surface area contributed by atoms with Crippen LogP contribution in [0.2, 0.25) is 0 Å². The summed E-state index contributed by atoms with van der Waals surface area (Å²) in [7, 11) is 5.13. The number of carbonyl (C=O) groups excluding carboxylic acids is 2. The number of para-hydroxylation sites is 1. The first-order chi connectivity index (χ1) is 23.0. The smallest absolute Gasteiger partial charge is 0.410 e. The van der Waals surface area contributed by atoms with Gasteiger partial charge in [0.2, 0.25) is 0 Å². The summed E-state index contributed by atoms with van der Waals surface area (Å²) in [6.07, 6.45) is 2.81. The van der Waals surface area contributed by atoms with Gasteiger partial charge in [0.15, 0.2) is 11.5 Å². The van der Waals surface area contributed by atoms with Crippen LogP contribution in [0.4, 0.5) is 4.79 Å². The SMILES string of the molecule is COc1ccc(CN(Cc2cccc(OCCCN3CCN(C(=O)OC(C)(C)C)CC3)c2OC)C(=O)c2cc(C3CC3)nn2C)c(C)c1. The largest absolute Gasteiger partial charge is 0.497 e. The van der Waals surface area contributed by atoms with Crippen LogP contribution in [0, 0.1) is 6.92 Å². The molecular weight excluding hydrogens is 610 g/mol. The van der Waals surface area contributed by atoms with Crippen molar-refractivity contribution in [2.24, 2.45) is 7.05 Å². The molecule has 2 heterocycles. The molecule has 11 nitrogen and oxygen atoms in total. The molecule has 0 bridgehead atoms. The van der Waals surface area contributed by atoms with E-state index in [4.69, 9.17) is 18.9 Å². The number of piperazine rings is 1. The molecule has 1 aliphatic carbocycles. The lowest BCUT2D eigenvalue weighted by Gasteiger charge is -2.35. The van der Waals surface area contributed by atoms with Gasteiger partial charge in [-0.3, -0.25) is 14.4 Å². The first kappa shape index (κ1) is 35.1. The van der Waals surface area contributed by atoms with Crippen LogP contribution in [0.15, 0.2) is 42.5 Å². The first-order valence-corrected chi connectivity index (χ1v) is 16.9. The highest BCUT2D eigenvalue weighted by atomic mass is 16.6. The highest BCUT2D eigenvalue weighted by molar-refractivity contribution is 5.92. The van der Waals surface area contributed by atoms with Gasteiger partial charge in [-0.15, -0.1) is 0 Å². The van der Waals surface area contributed by atoms with E-state index >= 15 is 0 Å². The van der Waals surface area contributed by atoms with Gasteiger partial charge in [0.25, 0.3) is 5.91 Å². The third-order valence-corrected chi connectivity index (χ3v) is 8.84. The molecule has 1 aliphatic heterocycles. The number of hydrogen-bond donors (Lipinski definition) is 0. The van der Waals surface area contributed by atoms with E-state index in [-0.39, 0.29) is 12.0 Å². The van der Waals surface area contributed by atoms with E-state index in [9.17, 15) is 9.59 Å². The number of amides is 2. The van der Waals surface area contributed by atoms with Gasteiger partial charge >= 0.3 is 6.09 Å². The monoisotopic (exact) mass is 661 g/mol. The maximum atomic E-state index is 14.2. The Labute approximate surface area is 284 Å². The van der Waals surface area contributed by atoms with Crippen molar-refractivity contribution in [1.82, 2.24) is 24.5 Å². The highest BCUT2D eigenvalue weighted by Crippen LogP contribution is 2.39. The van der Waals surface area contributed by atoms with Crippen molar-refractivity contribution in [3.63, 3.8) is 0 Å². The Balaban J connectivity index is 1.24. The van der Waals surface area contributed by atoms with E-state index in [0.29, 0.717) is 55.9 Å². The van der Waals surface area contributed by atoms with Crippen LogP contribution in [0.25, 0.3) is 0 Å². The zero-order valence-electron chi connectivity index (χ0n) is 29.6. The second kappa shape index (κ2) is 15.3. The van der Waals surface area contributed by atoms with Crippen molar-refractivity contribution in [2.45, 2.75) is 71.6 Å².